The Morgan fingerprint density at radius 3 is 2.67 bits per heavy atom. The maximum Gasteiger partial charge on any atom is 0.119 e. The highest BCUT2D eigenvalue weighted by molar-refractivity contribution is 5.28. The van der Waals surface area contributed by atoms with Crippen LogP contribution in [0.2, 0.25) is 0 Å². The number of hydrogen-bond donors (Lipinski definition) is 1. The van der Waals surface area contributed by atoms with Crippen LogP contribution in [0.5, 0.6) is 5.75 Å². The molecule has 1 atom stereocenters. The first kappa shape index (κ1) is 15.0. The van der Waals surface area contributed by atoms with Crippen LogP contribution in [0.15, 0.2) is 24.3 Å². The first-order chi connectivity index (χ1) is 8.76. The van der Waals surface area contributed by atoms with E-state index in [2.05, 4.69) is 6.92 Å². The number of hydrogen-bond acceptors (Lipinski definition) is 2. The largest absolute Gasteiger partial charge is 0.497 e. The summed E-state index contributed by atoms with van der Waals surface area (Å²) in [5.41, 5.74) is 1.15. The monoisotopic (exact) mass is 250 g/mol. The molecule has 1 N–H and O–H groups in total. The van der Waals surface area contributed by atoms with Gasteiger partial charge in [-0.05, 0) is 30.5 Å². The van der Waals surface area contributed by atoms with Gasteiger partial charge in [0, 0.05) is 0 Å². The quantitative estimate of drug-likeness (QED) is 0.672. The fraction of sp³-hybridized carbons (Fsp3) is 0.625. The van der Waals surface area contributed by atoms with E-state index in [9.17, 15) is 5.11 Å². The maximum absolute atomic E-state index is 9.98. The van der Waals surface area contributed by atoms with E-state index in [0.29, 0.717) is 0 Å². The molecule has 1 aromatic rings. The number of rotatable bonds is 9. The molecule has 0 aliphatic carbocycles. The Labute approximate surface area is 111 Å². The molecule has 0 heterocycles. The summed E-state index contributed by atoms with van der Waals surface area (Å²) in [5.74, 6) is 0.864. The lowest BCUT2D eigenvalue weighted by Crippen LogP contribution is -2.10. The molecule has 0 aliphatic heterocycles. The van der Waals surface area contributed by atoms with Crippen molar-refractivity contribution in [3.8, 4) is 5.75 Å². The van der Waals surface area contributed by atoms with Crippen LogP contribution in [0.4, 0.5) is 0 Å². The molecule has 2 nitrogen and oxygen atoms in total. The zero-order valence-electron chi connectivity index (χ0n) is 11.7. The van der Waals surface area contributed by atoms with Gasteiger partial charge in [0.1, 0.15) is 5.75 Å². The SMILES string of the molecule is CCCCCCCC(O)Cc1cccc(OC)c1. The molecule has 0 fully saturated rings. The van der Waals surface area contributed by atoms with Crippen molar-refractivity contribution in [2.24, 2.45) is 0 Å². The summed E-state index contributed by atoms with van der Waals surface area (Å²) in [6.45, 7) is 2.22. The van der Waals surface area contributed by atoms with Gasteiger partial charge in [0.2, 0.25) is 0 Å². The van der Waals surface area contributed by atoms with Gasteiger partial charge in [-0.2, -0.15) is 0 Å². The van der Waals surface area contributed by atoms with Gasteiger partial charge < -0.3 is 9.84 Å². The third-order valence-electron chi connectivity index (χ3n) is 3.25. The first-order valence-electron chi connectivity index (χ1n) is 7.07. The van der Waals surface area contributed by atoms with Gasteiger partial charge in [-0.1, -0.05) is 51.2 Å². The van der Waals surface area contributed by atoms with Crippen molar-refractivity contribution in [3.05, 3.63) is 29.8 Å². The summed E-state index contributed by atoms with van der Waals surface area (Å²) in [4.78, 5) is 0. The molecule has 2 heteroatoms. The summed E-state index contributed by atoms with van der Waals surface area (Å²) in [6.07, 6.45) is 7.65. The third-order valence-corrected chi connectivity index (χ3v) is 3.25. The van der Waals surface area contributed by atoms with Crippen molar-refractivity contribution >= 4 is 0 Å². The average molecular weight is 250 g/mol. The molecular formula is C16H26O2. The van der Waals surface area contributed by atoms with Crippen molar-refractivity contribution in [1.82, 2.24) is 0 Å². The number of benzene rings is 1. The number of aliphatic hydroxyl groups is 1. The Balaban J connectivity index is 2.24. The summed E-state index contributed by atoms with van der Waals surface area (Å²) >= 11 is 0. The molecule has 1 rings (SSSR count). The second-order valence-electron chi connectivity index (χ2n) is 4.91. The zero-order chi connectivity index (χ0) is 13.2. The van der Waals surface area contributed by atoms with Crippen LogP contribution in [-0.2, 0) is 6.42 Å². The van der Waals surface area contributed by atoms with Gasteiger partial charge in [-0.25, -0.2) is 0 Å². The molecule has 0 aromatic heterocycles. The zero-order valence-corrected chi connectivity index (χ0v) is 11.7. The predicted octanol–water partition coefficient (Wildman–Crippen LogP) is 3.96. The molecule has 0 saturated carbocycles. The van der Waals surface area contributed by atoms with Crippen LogP contribution in [0, 0.1) is 0 Å². The highest BCUT2D eigenvalue weighted by atomic mass is 16.5. The Kier molecular flexibility index (Phi) is 7.51. The van der Waals surface area contributed by atoms with E-state index in [1.807, 2.05) is 24.3 Å². The second-order valence-corrected chi connectivity index (χ2v) is 4.91. The number of unbranched alkanes of at least 4 members (excludes halogenated alkanes) is 4. The van der Waals surface area contributed by atoms with E-state index in [-0.39, 0.29) is 6.10 Å². The predicted molar refractivity (Wildman–Crippen MR) is 76.1 cm³/mol. The highest BCUT2D eigenvalue weighted by Gasteiger charge is 2.06. The van der Waals surface area contributed by atoms with Crippen LogP contribution < -0.4 is 4.74 Å². The van der Waals surface area contributed by atoms with E-state index in [1.54, 1.807) is 7.11 Å². The molecular weight excluding hydrogens is 224 g/mol. The molecule has 0 spiro atoms. The minimum Gasteiger partial charge on any atom is -0.497 e. The Morgan fingerprint density at radius 1 is 1.17 bits per heavy atom. The molecule has 18 heavy (non-hydrogen) atoms. The van der Waals surface area contributed by atoms with Gasteiger partial charge in [0.25, 0.3) is 0 Å². The fourth-order valence-corrected chi connectivity index (χ4v) is 2.16. The lowest BCUT2D eigenvalue weighted by Gasteiger charge is -2.11. The highest BCUT2D eigenvalue weighted by Crippen LogP contribution is 2.16. The van der Waals surface area contributed by atoms with Crippen molar-refractivity contribution in [2.45, 2.75) is 58.0 Å². The van der Waals surface area contributed by atoms with Crippen molar-refractivity contribution in [2.75, 3.05) is 7.11 Å². The average Bonchev–Trinajstić information content (AvgIpc) is 2.38. The normalized spacial score (nSPS) is 12.4. The topological polar surface area (TPSA) is 29.5 Å². The molecule has 0 bridgehead atoms. The smallest absolute Gasteiger partial charge is 0.119 e. The van der Waals surface area contributed by atoms with Gasteiger partial charge in [0.15, 0.2) is 0 Å². The lowest BCUT2D eigenvalue weighted by atomic mass is 10.0. The van der Waals surface area contributed by atoms with E-state index in [4.69, 9.17) is 4.74 Å². The van der Waals surface area contributed by atoms with Gasteiger partial charge in [-0.3, -0.25) is 0 Å². The van der Waals surface area contributed by atoms with Crippen molar-refractivity contribution in [1.29, 1.82) is 0 Å². The molecule has 102 valence electrons. The Bertz CT molecular complexity index is 323. The second kappa shape index (κ2) is 8.98. The summed E-state index contributed by atoms with van der Waals surface area (Å²) < 4.78 is 5.18. The maximum atomic E-state index is 9.98. The van der Waals surface area contributed by atoms with Gasteiger partial charge in [-0.15, -0.1) is 0 Å². The fourth-order valence-electron chi connectivity index (χ4n) is 2.16. The summed E-state index contributed by atoms with van der Waals surface area (Å²) in [5, 5.41) is 9.98. The van der Waals surface area contributed by atoms with Crippen LogP contribution >= 0.6 is 0 Å². The molecule has 1 unspecified atom stereocenters. The summed E-state index contributed by atoms with van der Waals surface area (Å²) in [7, 11) is 1.67. The van der Waals surface area contributed by atoms with Crippen LogP contribution in [0.25, 0.3) is 0 Å². The van der Waals surface area contributed by atoms with E-state index in [1.165, 1.54) is 25.7 Å². The van der Waals surface area contributed by atoms with Crippen LogP contribution in [-0.4, -0.2) is 18.3 Å². The Hall–Kier alpha value is -1.02. The molecule has 0 radical (unpaired) electrons. The minimum atomic E-state index is -0.223. The van der Waals surface area contributed by atoms with Gasteiger partial charge in [0.05, 0.1) is 13.2 Å². The molecule has 1 aromatic carbocycles. The third kappa shape index (κ3) is 6.06. The van der Waals surface area contributed by atoms with Crippen molar-refractivity contribution in [3.63, 3.8) is 0 Å². The minimum absolute atomic E-state index is 0.223. The Morgan fingerprint density at radius 2 is 1.94 bits per heavy atom. The van der Waals surface area contributed by atoms with E-state index >= 15 is 0 Å². The van der Waals surface area contributed by atoms with E-state index < -0.39 is 0 Å². The number of aliphatic hydroxyl groups excluding tert-OH is 1. The molecule has 0 saturated heterocycles. The molecule has 0 aliphatic rings. The number of methoxy groups -OCH3 is 1. The number of ether oxygens (including phenoxy) is 1. The lowest BCUT2D eigenvalue weighted by molar-refractivity contribution is 0.161. The standard InChI is InChI=1S/C16H26O2/c1-3-4-5-6-7-10-15(17)12-14-9-8-11-16(13-14)18-2/h8-9,11,13,15,17H,3-7,10,12H2,1-2H3. The van der Waals surface area contributed by atoms with E-state index in [0.717, 1.165) is 30.6 Å². The summed E-state index contributed by atoms with van der Waals surface area (Å²) in [6, 6.07) is 7.95. The van der Waals surface area contributed by atoms with Crippen LogP contribution in [0.1, 0.15) is 51.0 Å². The van der Waals surface area contributed by atoms with Crippen molar-refractivity contribution < 1.29 is 9.84 Å². The van der Waals surface area contributed by atoms with Gasteiger partial charge >= 0.3 is 0 Å². The van der Waals surface area contributed by atoms with Crippen LogP contribution in [0.3, 0.4) is 0 Å². The first-order valence-corrected chi connectivity index (χ1v) is 7.07. The molecule has 0 amide bonds.